The number of rotatable bonds is 4. The van der Waals surface area contributed by atoms with E-state index >= 15 is 0 Å². The monoisotopic (exact) mass is 326 g/mol. The Bertz CT molecular complexity index is 796. The molecule has 2 aromatic carbocycles. The fraction of sp³-hybridized carbons (Fsp3) is 0.368. The first-order chi connectivity index (χ1) is 11.4. The molecule has 0 heterocycles. The molecule has 0 saturated heterocycles. The molecular weight excluding hydrogens is 304 g/mol. The molecule has 1 aliphatic carbocycles. The number of aliphatic carboxylic acids is 1. The van der Waals surface area contributed by atoms with Gasteiger partial charge in [0.2, 0.25) is 0 Å². The maximum Gasteiger partial charge on any atom is 0.329 e. The van der Waals surface area contributed by atoms with E-state index < -0.39 is 17.4 Å². The Labute approximate surface area is 140 Å². The largest absolute Gasteiger partial charge is 0.480 e. The van der Waals surface area contributed by atoms with Crippen LogP contribution >= 0.6 is 0 Å². The molecule has 5 nitrogen and oxygen atoms in total. The van der Waals surface area contributed by atoms with Crippen molar-refractivity contribution in [1.82, 2.24) is 5.32 Å². The van der Waals surface area contributed by atoms with Crippen molar-refractivity contribution in [2.45, 2.75) is 38.1 Å². The second-order valence-electron chi connectivity index (χ2n) is 6.73. The normalized spacial score (nSPS) is 17.5. The molecule has 1 atom stereocenters. The molecule has 24 heavy (non-hydrogen) atoms. The molecule has 4 N–H and O–H groups in total. The summed E-state index contributed by atoms with van der Waals surface area (Å²) in [5, 5.41) is 14.3. The van der Waals surface area contributed by atoms with E-state index in [9.17, 15) is 14.7 Å². The number of nitrogen functional groups attached to an aromatic ring is 1. The Morgan fingerprint density at radius 3 is 2.33 bits per heavy atom. The number of anilines is 1. The molecule has 2 aromatic rings. The predicted octanol–water partition coefficient (Wildman–Crippen LogP) is 3.19. The summed E-state index contributed by atoms with van der Waals surface area (Å²) in [4.78, 5) is 24.6. The third kappa shape index (κ3) is 2.82. The average molecular weight is 326 g/mol. The van der Waals surface area contributed by atoms with E-state index in [1.54, 1.807) is 19.1 Å². The number of carboxylic acids is 1. The second kappa shape index (κ2) is 6.15. The van der Waals surface area contributed by atoms with Crippen LogP contribution in [-0.4, -0.2) is 22.5 Å². The molecule has 1 fully saturated rings. The van der Waals surface area contributed by atoms with Gasteiger partial charge in [0.25, 0.3) is 5.91 Å². The average Bonchev–Trinajstić information content (AvgIpc) is 3.08. The van der Waals surface area contributed by atoms with Crippen LogP contribution in [0.2, 0.25) is 0 Å². The molecule has 0 spiro atoms. The number of carboxylic acid groups (broad SMARTS) is 1. The lowest BCUT2D eigenvalue weighted by molar-refractivity contribution is -0.146. The molecule has 0 aliphatic heterocycles. The lowest BCUT2D eigenvalue weighted by Crippen LogP contribution is -2.56. The molecule has 1 amide bonds. The van der Waals surface area contributed by atoms with Crippen LogP contribution in [0.25, 0.3) is 10.8 Å². The number of nitrogens with one attached hydrogen (secondary N) is 1. The van der Waals surface area contributed by atoms with E-state index in [1.807, 2.05) is 24.3 Å². The highest BCUT2D eigenvalue weighted by molar-refractivity contribution is 6.05. The fourth-order valence-electron chi connectivity index (χ4n) is 3.59. The number of hydrogen-bond acceptors (Lipinski definition) is 3. The van der Waals surface area contributed by atoms with Crippen LogP contribution < -0.4 is 11.1 Å². The topological polar surface area (TPSA) is 92.4 Å². The molecule has 0 bridgehead atoms. The summed E-state index contributed by atoms with van der Waals surface area (Å²) in [6, 6.07) is 11.1. The van der Waals surface area contributed by atoms with Gasteiger partial charge >= 0.3 is 5.97 Å². The summed E-state index contributed by atoms with van der Waals surface area (Å²) in [6.07, 6.45) is 3.63. The number of carbonyl (C=O) groups excluding carboxylic acids is 1. The van der Waals surface area contributed by atoms with Crippen LogP contribution in [-0.2, 0) is 4.79 Å². The van der Waals surface area contributed by atoms with Gasteiger partial charge in [-0.2, -0.15) is 0 Å². The van der Waals surface area contributed by atoms with Crippen molar-refractivity contribution in [3.63, 3.8) is 0 Å². The quantitative estimate of drug-likeness (QED) is 0.752. The minimum Gasteiger partial charge on any atom is -0.480 e. The van der Waals surface area contributed by atoms with E-state index in [0.717, 1.165) is 36.5 Å². The molecule has 5 heteroatoms. The van der Waals surface area contributed by atoms with Crippen LogP contribution in [0, 0.1) is 5.92 Å². The third-order valence-corrected chi connectivity index (χ3v) is 5.15. The van der Waals surface area contributed by atoms with Crippen molar-refractivity contribution in [3.8, 4) is 0 Å². The summed E-state index contributed by atoms with van der Waals surface area (Å²) in [6.45, 7) is 1.60. The van der Waals surface area contributed by atoms with Crippen molar-refractivity contribution in [2.75, 3.05) is 5.73 Å². The first-order valence-corrected chi connectivity index (χ1v) is 8.26. The highest BCUT2D eigenvalue weighted by Gasteiger charge is 2.44. The smallest absolute Gasteiger partial charge is 0.329 e. The van der Waals surface area contributed by atoms with Gasteiger partial charge in [-0.15, -0.1) is 0 Å². The number of fused-ring (bicyclic) bond motifs is 1. The van der Waals surface area contributed by atoms with Crippen LogP contribution in [0.5, 0.6) is 0 Å². The number of benzene rings is 2. The highest BCUT2D eigenvalue weighted by Crippen LogP contribution is 2.35. The summed E-state index contributed by atoms with van der Waals surface area (Å²) < 4.78 is 0. The Morgan fingerprint density at radius 1 is 1.17 bits per heavy atom. The first kappa shape index (κ1) is 16.3. The minimum atomic E-state index is -1.27. The highest BCUT2D eigenvalue weighted by atomic mass is 16.4. The van der Waals surface area contributed by atoms with Crippen molar-refractivity contribution < 1.29 is 14.7 Å². The summed E-state index contributed by atoms with van der Waals surface area (Å²) in [5.41, 5.74) is 5.43. The third-order valence-electron chi connectivity index (χ3n) is 5.15. The van der Waals surface area contributed by atoms with Crippen LogP contribution in [0.15, 0.2) is 36.4 Å². The Morgan fingerprint density at radius 2 is 1.75 bits per heavy atom. The van der Waals surface area contributed by atoms with Crippen molar-refractivity contribution >= 4 is 28.3 Å². The first-order valence-electron chi connectivity index (χ1n) is 8.26. The number of amides is 1. The van der Waals surface area contributed by atoms with Crippen LogP contribution in [0.3, 0.4) is 0 Å². The van der Waals surface area contributed by atoms with Crippen molar-refractivity contribution in [1.29, 1.82) is 0 Å². The molecule has 126 valence electrons. The van der Waals surface area contributed by atoms with Gasteiger partial charge < -0.3 is 16.2 Å². The van der Waals surface area contributed by atoms with Crippen molar-refractivity contribution in [2.24, 2.45) is 5.92 Å². The van der Waals surface area contributed by atoms with Gasteiger partial charge in [0.15, 0.2) is 0 Å². The molecule has 3 rings (SSSR count). The molecular formula is C19H22N2O3. The van der Waals surface area contributed by atoms with Gasteiger partial charge in [-0.05, 0) is 48.6 Å². The Hall–Kier alpha value is -2.56. The van der Waals surface area contributed by atoms with E-state index in [2.05, 4.69) is 5.32 Å². The van der Waals surface area contributed by atoms with E-state index in [-0.39, 0.29) is 5.92 Å². The SMILES string of the molecule is C[C@@](NC(=O)c1cc2ccccc2cc1N)(C(=O)O)C1CCCC1. The minimum absolute atomic E-state index is 0.0550. The summed E-state index contributed by atoms with van der Waals surface area (Å²) in [7, 11) is 0. The van der Waals surface area contributed by atoms with Gasteiger partial charge in [-0.3, -0.25) is 4.79 Å². The molecule has 0 unspecified atom stereocenters. The Kier molecular flexibility index (Phi) is 4.18. The second-order valence-corrected chi connectivity index (χ2v) is 6.73. The molecule has 0 aromatic heterocycles. The molecule has 0 radical (unpaired) electrons. The summed E-state index contributed by atoms with van der Waals surface area (Å²) >= 11 is 0. The lowest BCUT2D eigenvalue weighted by atomic mass is 9.84. The van der Waals surface area contributed by atoms with Gasteiger partial charge in [0.1, 0.15) is 5.54 Å². The van der Waals surface area contributed by atoms with E-state index in [4.69, 9.17) is 5.73 Å². The maximum atomic E-state index is 12.7. The maximum absolute atomic E-state index is 12.7. The van der Waals surface area contributed by atoms with Gasteiger partial charge in [-0.1, -0.05) is 37.1 Å². The lowest BCUT2D eigenvalue weighted by Gasteiger charge is -2.32. The molecule has 1 saturated carbocycles. The van der Waals surface area contributed by atoms with Crippen LogP contribution in [0.4, 0.5) is 5.69 Å². The zero-order valence-electron chi connectivity index (χ0n) is 13.7. The summed E-state index contributed by atoms with van der Waals surface area (Å²) in [5.74, 6) is -1.49. The van der Waals surface area contributed by atoms with Crippen molar-refractivity contribution in [3.05, 3.63) is 42.0 Å². The zero-order chi connectivity index (χ0) is 17.3. The number of nitrogens with two attached hydrogens (primary N) is 1. The van der Waals surface area contributed by atoms with E-state index in [0.29, 0.717) is 11.3 Å². The zero-order valence-corrected chi connectivity index (χ0v) is 13.7. The number of hydrogen-bond donors (Lipinski definition) is 3. The van der Waals surface area contributed by atoms with E-state index in [1.165, 1.54) is 0 Å². The number of carbonyl (C=O) groups is 2. The van der Waals surface area contributed by atoms with Gasteiger partial charge in [0.05, 0.1) is 5.56 Å². The standard InChI is InChI=1S/C19H22N2O3/c1-19(18(23)24,14-8-4-5-9-14)21-17(22)15-10-12-6-2-3-7-13(12)11-16(15)20/h2-3,6-7,10-11,14H,4-5,8-9,20H2,1H3,(H,21,22)(H,23,24)/t19-/m0/s1. The fourth-order valence-corrected chi connectivity index (χ4v) is 3.59. The molecule has 1 aliphatic rings. The van der Waals surface area contributed by atoms with Gasteiger partial charge in [0, 0.05) is 5.69 Å². The predicted molar refractivity (Wildman–Crippen MR) is 93.8 cm³/mol. The Balaban J connectivity index is 1.93. The van der Waals surface area contributed by atoms with Crippen LogP contribution in [0.1, 0.15) is 43.0 Å². The van der Waals surface area contributed by atoms with Gasteiger partial charge in [-0.25, -0.2) is 4.79 Å².